The number of hydrogen-bond donors (Lipinski definition) is 1. The molecule has 8 heteroatoms. The van der Waals surface area contributed by atoms with Crippen molar-refractivity contribution in [1.29, 1.82) is 0 Å². The number of halogens is 3. The quantitative estimate of drug-likeness (QED) is 0.734. The summed E-state index contributed by atoms with van der Waals surface area (Å²) in [4.78, 5) is 9.67. The number of thioether (sulfide) groups is 1. The van der Waals surface area contributed by atoms with E-state index in [-0.39, 0.29) is 16.7 Å². The lowest BCUT2D eigenvalue weighted by Crippen LogP contribution is -2.48. The van der Waals surface area contributed by atoms with Crippen molar-refractivity contribution in [2.75, 3.05) is 5.32 Å². The van der Waals surface area contributed by atoms with Crippen molar-refractivity contribution in [2.24, 2.45) is 9.98 Å². The van der Waals surface area contributed by atoms with Gasteiger partial charge in [-0.25, -0.2) is 9.98 Å². The normalized spacial score (nSPS) is 21.2. The number of fused-ring (bicyclic) bond motifs is 1. The number of aliphatic imine (C=N–C) groups is 2. The third-order valence-electron chi connectivity index (χ3n) is 4.50. The molecule has 0 aliphatic carbocycles. The van der Waals surface area contributed by atoms with Crippen LogP contribution in [0, 0.1) is 13.8 Å². The molecule has 2 aliphatic heterocycles. The first-order chi connectivity index (χ1) is 13.3. The molecule has 0 fully saturated rings. The summed E-state index contributed by atoms with van der Waals surface area (Å²) in [5.74, 6) is 0.0769. The van der Waals surface area contributed by atoms with Gasteiger partial charge in [0.1, 0.15) is 0 Å². The van der Waals surface area contributed by atoms with E-state index in [1.165, 1.54) is 17.0 Å². The fourth-order valence-corrected chi connectivity index (χ4v) is 3.69. The Morgan fingerprint density at radius 1 is 0.929 bits per heavy atom. The van der Waals surface area contributed by atoms with Gasteiger partial charge in [-0.1, -0.05) is 59.3 Å². The van der Waals surface area contributed by atoms with Gasteiger partial charge in [0.2, 0.25) is 5.96 Å². The Hall–Kier alpha value is -2.74. The SMILES string of the molecule is Cc1ccc(NC2=NC(c3ccc(C)cc3)(C(F)(F)F)N=C3SC=CN23)cc1. The molecule has 4 rings (SSSR count). The number of anilines is 1. The Balaban J connectivity index is 1.85. The van der Waals surface area contributed by atoms with Crippen LogP contribution in [0.4, 0.5) is 18.9 Å². The van der Waals surface area contributed by atoms with Gasteiger partial charge >= 0.3 is 6.18 Å². The fraction of sp³-hybridized carbons (Fsp3) is 0.200. The predicted molar refractivity (Wildman–Crippen MR) is 107 cm³/mol. The summed E-state index contributed by atoms with van der Waals surface area (Å²) in [6.45, 7) is 3.77. The van der Waals surface area contributed by atoms with Gasteiger partial charge < -0.3 is 5.32 Å². The van der Waals surface area contributed by atoms with Crippen molar-refractivity contribution in [2.45, 2.75) is 25.7 Å². The van der Waals surface area contributed by atoms with Gasteiger partial charge in [0, 0.05) is 17.5 Å². The second-order valence-corrected chi connectivity index (χ2v) is 7.50. The van der Waals surface area contributed by atoms with E-state index in [1.807, 2.05) is 26.0 Å². The second-order valence-electron chi connectivity index (χ2n) is 6.63. The van der Waals surface area contributed by atoms with Crippen LogP contribution in [-0.4, -0.2) is 22.2 Å². The monoisotopic (exact) mass is 402 g/mol. The highest BCUT2D eigenvalue weighted by atomic mass is 32.2. The van der Waals surface area contributed by atoms with Gasteiger partial charge in [0.05, 0.1) is 0 Å². The van der Waals surface area contributed by atoms with Crippen LogP contribution in [0.5, 0.6) is 0 Å². The van der Waals surface area contributed by atoms with E-state index in [0.29, 0.717) is 5.69 Å². The minimum absolute atomic E-state index is 0.0199. The lowest BCUT2D eigenvalue weighted by Gasteiger charge is -2.36. The highest BCUT2D eigenvalue weighted by molar-refractivity contribution is 8.16. The number of amidine groups is 1. The molecule has 0 saturated heterocycles. The van der Waals surface area contributed by atoms with Crippen molar-refractivity contribution in [3.8, 4) is 0 Å². The summed E-state index contributed by atoms with van der Waals surface area (Å²) in [5, 5.41) is 4.93. The zero-order valence-corrected chi connectivity index (χ0v) is 16.0. The van der Waals surface area contributed by atoms with Gasteiger partial charge in [-0.2, -0.15) is 13.2 Å². The molecule has 1 N–H and O–H groups in total. The maximum atomic E-state index is 14.3. The maximum Gasteiger partial charge on any atom is 0.438 e. The van der Waals surface area contributed by atoms with E-state index in [1.54, 1.807) is 35.9 Å². The predicted octanol–water partition coefficient (Wildman–Crippen LogP) is 5.38. The number of alkyl halides is 3. The van der Waals surface area contributed by atoms with E-state index in [4.69, 9.17) is 0 Å². The molecule has 0 saturated carbocycles. The smallest absolute Gasteiger partial charge is 0.325 e. The average Bonchev–Trinajstić information content (AvgIpc) is 3.12. The largest absolute Gasteiger partial charge is 0.438 e. The summed E-state index contributed by atoms with van der Waals surface area (Å²) < 4.78 is 42.9. The number of guanidine groups is 1. The molecular weight excluding hydrogens is 385 g/mol. The van der Waals surface area contributed by atoms with E-state index in [9.17, 15) is 13.2 Å². The first-order valence-corrected chi connectivity index (χ1v) is 9.46. The number of rotatable bonds is 2. The standard InChI is InChI=1S/C20H17F3N4S/c1-13-3-7-15(8-4-13)19(20(21,22)23)25-17(27-11-12-28-18(27)26-19)24-16-9-5-14(2)6-10-16/h3-12H,1-2H3,(H,24,25). The molecule has 2 aliphatic rings. The van der Waals surface area contributed by atoms with Gasteiger partial charge in [0.15, 0.2) is 5.17 Å². The minimum atomic E-state index is -4.70. The first kappa shape index (κ1) is 18.6. The van der Waals surface area contributed by atoms with E-state index in [2.05, 4.69) is 15.3 Å². The van der Waals surface area contributed by atoms with Gasteiger partial charge in [-0.05, 0) is 31.4 Å². The Morgan fingerprint density at radius 3 is 2.14 bits per heavy atom. The topological polar surface area (TPSA) is 40.0 Å². The van der Waals surface area contributed by atoms with Gasteiger partial charge in [0.25, 0.3) is 5.66 Å². The Kier molecular flexibility index (Phi) is 4.45. The summed E-state index contributed by atoms with van der Waals surface area (Å²) in [6.07, 6.45) is -3.05. The number of nitrogens with zero attached hydrogens (tertiary/aromatic N) is 3. The molecule has 0 radical (unpaired) electrons. The Bertz CT molecular complexity index is 978. The van der Waals surface area contributed by atoms with Crippen LogP contribution in [0.25, 0.3) is 0 Å². The van der Waals surface area contributed by atoms with E-state index in [0.717, 1.165) is 22.9 Å². The fourth-order valence-electron chi connectivity index (χ4n) is 2.94. The minimum Gasteiger partial charge on any atom is -0.325 e. The molecular formula is C20H17F3N4S. The zero-order chi connectivity index (χ0) is 19.9. The molecule has 0 bridgehead atoms. The highest BCUT2D eigenvalue weighted by Crippen LogP contribution is 2.47. The molecule has 2 aromatic carbocycles. The molecule has 2 heterocycles. The molecule has 4 nitrogen and oxygen atoms in total. The molecule has 2 aromatic rings. The number of benzene rings is 2. The zero-order valence-electron chi connectivity index (χ0n) is 15.2. The third kappa shape index (κ3) is 3.17. The Morgan fingerprint density at radius 2 is 1.54 bits per heavy atom. The molecule has 144 valence electrons. The molecule has 0 aromatic heterocycles. The molecule has 1 unspecified atom stereocenters. The van der Waals surface area contributed by atoms with Crippen molar-refractivity contribution in [3.05, 3.63) is 76.8 Å². The van der Waals surface area contributed by atoms with Crippen molar-refractivity contribution in [1.82, 2.24) is 4.90 Å². The first-order valence-electron chi connectivity index (χ1n) is 8.58. The van der Waals surface area contributed by atoms with Gasteiger partial charge in [-0.3, -0.25) is 4.90 Å². The second kappa shape index (κ2) is 6.70. The van der Waals surface area contributed by atoms with E-state index < -0.39 is 11.8 Å². The third-order valence-corrected chi connectivity index (χ3v) is 5.26. The summed E-state index contributed by atoms with van der Waals surface area (Å²) in [6, 6.07) is 13.5. The summed E-state index contributed by atoms with van der Waals surface area (Å²) in [7, 11) is 0. The summed E-state index contributed by atoms with van der Waals surface area (Å²) in [5.41, 5.74) is -0.146. The number of hydrogen-bond acceptors (Lipinski definition) is 5. The number of nitrogens with one attached hydrogen (secondary N) is 1. The van der Waals surface area contributed by atoms with E-state index >= 15 is 0 Å². The van der Waals surface area contributed by atoms with Crippen molar-refractivity contribution >= 4 is 28.6 Å². The summed E-state index contributed by atoms with van der Waals surface area (Å²) >= 11 is 1.13. The van der Waals surface area contributed by atoms with Crippen LogP contribution >= 0.6 is 11.8 Å². The maximum absolute atomic E-state index is 14.3. The van der Waals surface area contributed by atoms with Crippen LogP contribution in [0.3, 0.4) is 0 Å². The molecule has 1 atom stereocenters. The highest BCUT2D eigenvalue weighted by Gasteiger charge is 2.59. The van der Waals surface area contributed by atoms with Crippen LogP contribution in [0.15, 0.2) is 70.1 Å². The van der Waals surface area contributed by atoms with Crippen LogP contribution < -0.4 is 5.32 Å². The lowest BCUT2D eigenvalue weighted by atomic mass is 9.98. The van der Waals surface area contributed by atoms with Crippen LogP contribution in [0.2, 0.25) is 0 Å². The van der Waals surface area contributed by atoms with Gasteiger partial charge in [-0.15, -0.1) is 0 Å². The molecule has 0 amide bonds. The molecule has 0 spiro atoms. The van der Waals surface area contributed by atoms with Crippen LogP contribution in [0.1, 0.15) is 16.7 Å². The van der Waals surface area contributed by atoms with Crippen molar-refractivity contribution in [3.63, 3.8) is 0 Å². The lowest BCUT2D eigenvalue weighted by molar-refractivity contribution is -0.186. The Labute approximate surface area is 164 Å². The molecule has 28 heavy (non-hydrogen) atoms. The van der Waals surface area contributed by atoms with Crippen LogP contribution in [-0.2, 0) is 5.66 Å². The van der Waals surface area contributed by atoms with Crippen molar-refractivity contribution < 1.29 is 13.2 Å². The number of aryl methyl sites for hydroxylation is 2. The average molecular weight is 402 g/mol.